The average molecular weight is 425 g/mol. The lowest BCUT2D eigenvalue weighted by Gasteiger charge is -2.35. The van der Waals surface area contributed by atoms with Crippen molar-refractivity contribution in [1.29, 1.82) is 0 Å². The summed E-state index contributed by atoms with van der Waals surface area (Å²) in [6, 6.07) is 5.28. The van der Waals surface area contributed by atoms with Crippen LogP contribution in [0.5, 0.6) is 0 Å². The van der Waals surface area contributed by atoms with Crippen LogP contribution in [0.1, 0.15) is 11.6 Å². The van der Waals surface area contributed by atoms with E-state index in [-0.39, 0.29) is 18.4 Å². The summed E-state index contributed by atoms with van der Waals surface area (Å²) >= 11 is 4.56. The van der Waals surface area contributed by atoms with Gasteiger partial charge in [-0.3, -0.25) is 4.98 Å². The number of nitrogens with one attached hydrogen (secondary N) is 1. The molecule has 2 aromatic rings. The monoisotopic (exact) mass is 423 g/mol. The van der Waals surface area contributed by atoms with Gasteiger partial charge >= 0.3 is 0 Å². The maximum absolute atomic E-state index is 12.9. The summed E-state index contributed by atoms with van der Waals surface area (Å²) in [5.41, 5.74) is 0.904. The first-order valence-electron chi connectivity index (χ1n) is 6.46. The van der Waals surface area contributed by atoms with Crippen LogP contribution in [0.2, 0.25) is 0 Å². The number of sulfonamides is 1. The SMILES string of the molecule is Cl.O=S(=O)(c1sccc1Br)N1CCNCC1c1cccnc1. The minimum Gasteiger partial charge on any atom is -0.313 e. The Morgan fingerprint density at radius 1 is 1.41 bits per heavy atom. The van der Waals surface area contributed by atoms with E-state index < -0.39 is 10.0 Å². The predicted octanol–water partition coefficient (Wildman–Crippen LogP) is 2.66. The number of hydrogen-bond acceptors (Lipinski definition) is 5. The van der Waals surface area contributed by atoms with Gasteiger partial charge in [-0.2, -0.15) is 4.31 Å². The third kappa shape index (κ3) is 3.37. The van der Waals surface area contributed by atoms with E-state index in [1.807, 2.05) is 12.1 Å². The molecular weight excluding hydrogens is 410 g/mol. The summed E-state index contributed by atoms with van der Waals surface area (Å²) < 4.78 is 28.4. The first-order chi connectivity index (χ1) is 10.1. The van der Waals surface area contributed by atoms with E-state index in [0.29, 0.717) is 28.3 Å². The normalized spacial score (nSPS) is 19.6. The van der Waals surface area contributed by atoms with Crippen molar-refractivity contribution >= 4 is 49.7 Å². The highest BCUT2D eigenvalue weighted by molar-refractivity contribution is 9.10. The van der Waals surface area contributed by atoms with Crippen molar-refractivity contribution in [2.24, 2.45) is 0 Å². The van der Waals surface area contributed by atoms with Crippen LogP contribution in [0.4, 0.5) is 0 Å². The first-order valence-corrected chi connectivity index (χ1v) is 9.57. The van der Waals surface area contributed by atoms with Gasteiger partial charge in [-0.25, -0.2) is 8.42 Å². The Morgan fingerprint density at radius 3 is 2.86 bits per heavy atom. The summed E-state index contributed by atoms with van der Waals surface area (Å²) in [7, 11) is -3.51. The fourth-order valence-electron chi connectivity index (χ4n) is 2.40. The third-order valence-electron chi connectivity index (χ3n) is 3.39. The Morgan fingerprint density at radius 2 is 2.23 bits per heavy atom. The van der Waals surface area contributed by atoms with Gasteiger partial charge in [0.15, 0.2) is 0 Å². The number of thiophene rings is 1. The van der Waals surface area contributed by atoms with Crippen molar-refractivity contribution in [3.05, 3.63) is 46.0 Å². The molecule has 3 heterocycles. The molecule has 1 saturated heterocycles. The molecule has 0 aromatic carbocycles. The molecule has 120 valence electrons. The van der Waals surface area contributed by atoms with Gasteiger partial charge in [0.05, 0.1) is 6.04 Å². The molecule has 1 N–H and O–H groups in total. The molecule has 3 rings (SSSR count). The maximum Gasteiger partial charge on any atom is 0.254 e. The van der Waals surface area contributed by atoms with Crippen molar-refractivity contribution in [2.75, 3.05) is 19.6 Å². The summed E-state index contributed by atoms with van der Waals surface area (Å²) in [6.07, 6.45) is 3.41. The molecule has 5 nitrogen and oxygen atoms in total. The van der Waals surface area contributed by atoms with E-state index in [1.165, 1.54) is 11.3 Å². The molecule has 22 heavy (non-hydrogen) atoms. The fourth-order valence-corrected chi connectivity index (χ4v) is 6.44. The number of halogens is 2. The summed E-state index contributed by atoms with van der Waals surface area (Å²) in [5, 5.41) is 5.03. The summed E-state index contributed by atoms with van der Waals surface area (Å²) in [5.74, 6) is 0. The van der Waals surface area contributed by atoms with Crippen LogP contribution < -0.4 is 5.32 Å². The molecule has 0 spiro atoms. The van der Waals surface area contributed by atoms with E-state index in [0.717, 1.165) is 5.56 Å². The van der Waals surface area contributed by atoms with Gasteiger partial charge in [0.1, 0.15) is 4.21 Å². The van der Waals surface area contributed by atoms with Crippen molar-refractivity contribution in [1.82, 2.24) is 14.6 Å². The molecule has 0 aliphatic carbocycles. The van der Waals surface area contributed by atoms with E-state index >= 15 is 0 Å². The second kappa shape index (κ2) is 7.37. The quantitative estimate of drug-likeness (QED) is 0.823. The van der Waals surface area contributed by atoms with E-state index in [4.69, 9.17) is 0 Å². The van der Waals surface area contributed by atoms with E-state index in [2.05, 4.69) is 26.2 Å². The average Bonchev–Trinajstić information content (AvgIpc) is 2.95. The Kier molecular flexibility index (Phi) is 5.98. The van der Waals surface area contributed by atoms with Crippen LogP contribution in [0.15, 0.2) is 44.7 Å². The van der Waals surface area contributed by atoms with E-state index in [1.54, 1.807) is 28.1 Å². The number of hydrogen-bond donors (Lipinski definition) is 1. The van der Waals surface area contributed by atoms with E-state index in [9.17, 15) is 8.42 Å². The zero-order valence-electron chi connectivity index (χ0n) is 11.5. The van der Waals surface area contributed by atoms with Gasteiger partial charge in [-0.05, 0) is 39.0 Å². The fraction of sp³-hybridized carbons (Fsp3) is 0.308. The lowest BCUT2D eigenvalue weighted by Crippen LogP contribution is -2.48. The van der Waals surface area contributed by atoms with Gasteiger partial charge in [0.2, 0.25) is 0 Å². The summed E-state index contributed by atoms with van der Waals surface area (Å²) in [4.78, 5) is 4.10. The van der Waals surface area contributed by atoms with Crippen molar-refractivity contribution in [3.8, 4) is 0 Å². The van der Waals surface area contributed by atoms with Crippen LogP contribution >= 0.6 is 39.7 Å². The molecule has 0 radical (unpaired) electrons. The van der Waals surface area contributed by atoms with Gasteiger partial charge in [0.25, 0.3) is 10.0 Å². The second-order valence-electron chi connectivity index (χ2n) is 4.68. The number of nitrogens with zero attached hydrogens (tertiary/aromatic N) is 2. The molecule has 0 amide bonds. The molecular formula is C13H15BrClN3O2S2. The Balaban J connectivity index is 0.00000176. The predicted molar refractivity (Wildman–Crippen MR) is 93.0 cm³/mol. The van der Waals surface area contributed by atoms with Crippen molar-refractivity contribution in [2.45, 2.75) is 10.3 Å². The Hall–Kier alpha value is -0.510. The van der Waals surface area contributed by atoms with Crippen LogP contribution in [0, 0.1) is 0 Å². The highest BCUT2D eigenvalue weighted by Gasteiger charge is 2.36. The lowest BCUT2D eigenvalue weighted by molar-refractivity contribution is 0.271. The number of aromatic nitrogens is 1. The standard InChI is InChI=1S/C13H14BrN3O2S2.ClH/c14-11-3-7-20-13(11)21(18,19)17-6-5-16-9-12(17)10-2-1-4-15-8-10;/h1-4,7-8,12,16H,5-6,9H2;1H. The number of pyridine rings is 1. The molecule has 1 atom stereocenters. The first kappa shape index (κ1) is 17.8. The molecule has 1 fully saturated rings. The largest absolute Gasteiger partial charge is 0.313 e. The van der Waals surface area contributed by atoms with Gasteiger partial charge in [-0.15, -0.1) is 23.7 Å². The van der Waals surface area contributed by atoms with Crippen molar-refractivity contribution < 1.29 is 8.42 Å². The minimum atomic E-state index is -3.51. The zero-order chi connectivity index (χ0) is 14.9. The van der Waals surface area contributed by atoms with Gasteiger partial charge in [-0.1, -0.05) is 6.07 Å². The molecule has 0 saturated carbocycles. The topological polar surface area (TPSA) is 62.3 Å². The zero-order valence-corrected chi connectivity index (χ0v) is 15.5. The smallest absolute Gasteiger partial charge is 0.254 e. The molecule has 1 unspecified atom stereocenters. The number of rotatable bonds is 3. The van der Waals surface area contributed by atoms with Gasteiger partial charge in [0, 0.05) is 36.5 Å². The maximum atomic E-state index is 12.9. The number of piperazine rings is 1. The molecule has 1 aliphatic rings. The summed E-state index contributed by atoms with van der Waals surface area (Å²) in [6.45, 7) is 1.69. The second-order valence-corrected chi connectivity index (χ2v) is 8.53. The third-order valence-corrected chi connectivity index (χ3v) is 7.95. The Bertz CT molecular complexity index is 724. The molecule has 2 aromatic heterocycles. The van der Waals surface area contributed by atoms with Gasteiger partial charge < -0.3 is 5.32 Å². The van der Waals surface area contributed by atoms with Crippen LogP contribution in [-0.4, -0.2) is 37.3 Å². The van der Waals surface area contributed by atoms with Crippen LogP contribution in [0.25, 0.3) is 0 Å². The molecule has 1 aliphatic heterocycles. The van der Waals surface area contributed by atoms with Crippen molar-refractivity contribution in [3.63, 3.8) is 0 Å². The molecule has 0 bridgehead atoms. The lowest BCUT2D eigenvalue weighted by atomic mass is 10.1. The Labute approximate surface area is 148 Å². The van der Waals surface area contributed by atoms with Crippen LogP contribution in [-0.2, 0) is 10.0 Å². The molecule has 9 heteroatoms. The van der Waals surface area contributed by atoms with Crippen LogP contribution in [0.3, 0.4) is 0 Å². The minimum absolute atomic E-state index is 0. The highest BCUT2D eigenvalue weighted by atomic mass is 79.9. The highest BCUT2D eigenvalue weighted by Crippen LogP contribution is 2.34.